The number of methoxy groups -OCH3 is 1. The lowest BCUT2D eigenvalue weighted by Crippen LogP contribution is -2.42. The molecule has 7 heteroatoms. The molecule has 0 bridgehead atoms. The quantitative estimate of drug-likeness (QED) is 0.915. The number of carbonyl (C=O) groups is 1. The standard InChI is InChI=1S/C17H22F2N2O3/c1-23-12-3-4-13(14(9-12)24-16(18)19)15(22)21-8-6-17(11-21)5-2-7-20-10-17/h3-4,9,16,20H,2,5-8,10-11H2,1H3. The highest BCUT2D eigenvalue weighted by Crippen LogP contribution is 2.38. The molecular weight excluding hydrogens is 318 g/mol. The Balaban J connectivity index is 1.79. The summed E-state index contributed by atoms with van der Waals surface area (Å²) in [6.07, 6.45) is 3.13. The van der Waals surface area contributed by atoms with Gasteiger partial charge in [-0.05, 0) is 37.9 Å². The van der Waals surface area contributed by atoms with Gasteiger partial charge in [0.2, 0.25) is 0 Å². The minimum atomic E-state index is -2.99. The number of amides is 1. The highest BCUT2D eigenvalue weighted by atomic mass is 19.3. The third kappa shape index (κ3) is 3.45. The monoisotopic (exact) mass is 340 g/mol. The van der Waals surface area contributed by atoms with Crippen LogP contribution in [0, 0.1) is 5.41 Å². The van der Waals surface area contributed by atoms with Crippen molar-refractivity contribution >= 4 is 5.91 Å². The van der Waals surface area contributed by atoms with Crippen molar-refractivity contribution < 1.29 is 23.0 Å². The maximum atomic E-state index is 12.8. The first-order valence-corrected chi connectivity index (χ1v) is 8.16. The van der Waals surface area contributed by atoms with E-state index in [-0.39, 0.29) is 22.6 Å². The van der Waals surface area contributed by atoms with Crippen LogP contribution in [0.3, 0.4) is 0 Å². The zero-order valence-electron chi connectivity index (χ0n) is 13.7. The summed E-state index contributed by atoms with van der Waals surface area (Å²) < 4.78 is 34.9. The van der Waals surface area contributed by atoms with Gasteiger partial charge in [0.1, 0.15) is 11.5 Å². The highest BCUT2D eigenvalue weighted by Gasteiger charge is 2.41. The molecule has 132 valence electrons. The summed E-state index contributed by atoms with van der Waals surface area (Å²) in [4.78, 5) is 14.6. The van der Waals surface area contributed by atoms with Gasteiger partial charge in [-0.25, -0.2) is 0 Å². The lowest BCUT2D eigenvalue weighted by molar-refractivity contribution is -0.0503. The fraction of sp³-hybridized carbons (Fsp3) is 0.588. The van der Waals surface area contributed by atoms with E-state index in [0.29, 0.717) is 18.8 Å². The molecule has 3 rings (SSSR count). The van der Waals surface area contributed by atoms with Crippen LogP contribution in [0.1, 0.15) is 29.6 Å². The van der Waals surface area contributed by atoms with E-state index in [2.05, 4.69) is 10.1 Å². The molecule has 2 fully saturated rings. The molecule has 0 aromatic heterocycles. The van der Waals surface area contributed by atoms with Crippen LogP contribution in [0.2, 0.25) is 0 Å². The molecular formula is C17H22F2N2O3. The summed E-state index contributed by atoms with van der Waals surface area (Å²) in [5.74, 6) is -0.0376. The van der Waals surface area contributed by atoms with Gasteiger partial charge in [-0.1, -0.05) is 0 Å². The maximum absolute atomic E-state index is 12.8. The van der Waals surface area contributed by atoms with Gasteiger partial charge in [0.05, 0.1) is 12.7 Å². The fourth-order valence-corrected chi connectivity index (χ4v) is 3.66. The molecule has 1 spiro atoms. The van der Waals surface area contributed by atoms with E-state index >= 15 is 0 Å². The van der Waals surface area contributed by atoms with E-state index in [1.807, 2.05) is 0 Å². The Morgan fingerprint density at radius 1 is 1.38 bits per heavy atom. The SMILES string of the molecule is COc1ccc(C(=O)N2CCC3(CCCNC3)C2)c(OC(F)F)c1. The molecule has 1 unspecified atom stereocenters. The van der Waals surface area contributed by atoms with Crippen LogP contribution in [0.25, 0.3) is 0 Å². The number of nitrogens with zero attached hydrogens (tertiary/aromatic N) is 1. The van der Waals surface area contributed by atoms with Gasteiger partial charge in [-0.15, -0.1) is 0 Å². The first kappa shape index (κ1) is 17.0. The molecule has 2 saturated heterocycles. The maximum Gasteiger partial charge on any atom is 0.387 e. The Labute approximate surface area is 139 Å². The van der Waals surface area contributed by atoms with Gasteiger partial charge < -0.3 is 19.7 Å². The summed E-state index contributed by atoms with van der Waals surface area (Å²) in [6.45, 7) is 0.219. The van der Waals surface area contributed by atoms with Gasteiger partial charge in [-0.3, -0.25) is 4.79 Å². The summed E-state index contributed by atoms with van der Waals surface area (Å²) >= 11 is 0. The highest BCUT2D eigenvalue weighted by molar-refractivity contribution is 5.97. The third-order valence-corrected chi connectivity index (χ3v) is 4.92. The molecule has 0 radical (unpaired) electrons. The second-order valence-electron chi connectivity index (χ2n) is 6.50. The van der Waals surface area contributed by atoms with E-state index in [9.17, 15) is 13.6 Å². The van der Waals surface area contributed by atoms with E-state index in [0.717, 1.165) is 32.4 Å². The Morgan fingerprint density at radius 2 is 2.21 bits per heavy atom. The number of halogens is 2. The van der Waals surface area contributed by atoms with Crippen molar-refractivity contribution in [1.82, 2.24) is 10.2 Å². The number of ether oxygens (including phenoxy) is 2. The minimum absolute atomic E-state index is 0.115. The number of alkyl halides is 2. The number of nitrogens with one attached hydrogen (secondary N) is 1. The predicted octanol–water partition coefficient (Wildman–Crippen LogP) is 2.51. The Bertz CT molecular complexity index is 603. The van der Waals surface area contributed by atoms with Crippen molar-refractivity contribution in [1.29, 1.82) is 0 Å². The zero-order chi connectivity index (χ0) is 17.2. The number of hydrogen-bond acceptors (Lipinski definition) is 4. The van der Waals surface area contributed by atoms with Gasteiger partial charge in [0.25, 0.3) is 5.91 Å². The molecule has 0 aliphatic carbocycles. The van der Waals surface area contributed by atoms with Crippen molar-refractivity contribution in [3.8, 4) is 11.5 Å². The normalized spacial score (nSPS) is 23.8. The average Bonchev–Trinajstić information content (AvgIpc) is 2.97. The topological polar surface area (TPSA) is 50.8 Å². The van der Waals surface area contributed by atoms with Crippen molar-refractivity contribution in [2.45, 2.75) is 25.9 Å². The van der Waals surface area contributed by atoms with Gasteiger partial charge in [0.15, 0.2) is 0 Å². The Morgan fingerprint density at radius 3 is 2.88 bits per heavy atom. The molecule has 2 heterocycles. The number of benzene rings is 1. The van der Waals surface area contributed by atoms with Crippen molar-refractivity contribution in [2.75, 3.05) is 33.3 Å². The van der Waals surface area contributed by atoms with Crippen LogP contribution < -0.4 is 14.8 Å². The van der Waals surface area contributed by atoms with Gasteiger partial charge >= 0.3 is 6.61 Å². The summed E-state index contributed by atoms with van der Waals surface area (Å²) in [7, 11) is 1.43. The summed E-state index contributed by atoms with van der Waals surface area (Å²) in [6, 6.07) is 4.40. The minimum Gasteiger partial charge on any atom is -0.497 e. The number of carbonyl (C=O) groups excluding carboxylic acids is 1. The molecule has 1 atom stereocenters. The van der Waals surface area contributed by atoms with Crippen LogP contribution in [0.4, 0.5) is 8.78 Å². The van der Waals surface area contributed by atoms with Crippen LogP contribution in [0.5, 0.6) is 11.5 Å². The molecule has 2 aliphatic rings. The van der Waals surface area contributed by atoms with Gasteiger partial charge in [-0.2, -0.15) is 8.78 Å². The average molecular weight is 340 g/mol. The lowest BCUT2D eigenvalue weighted by atomic mass is 9.80. The molecule has 1 aromatic rings. The van der Waals surface area contributed by atoms with Crippen LogP contribution in [-0.4, -0.2) is 50.7 Å². The van der Waals surface area contributed by atoms with Crippen molar-refractivity contribution in [3.63, 3.8) is 0 Å². The molecule has 0 saturated carbocycles. The van der Waals surface area contributed by atoms with E-state index < -0.39 is 6.61 Å². The van der Waals surface area contributed by atoms with Crippen molar-refractivity contribution in [2.24, 2.45) is 5.41 Å². The molecule has 2 aliphatic heterocycles. The number of hydrogen-bond donors (Lipinski definition) is 1. The molecule has 24 heavy (non-hydrogen) atoms. The summed E-state index contributed by atoms with van der Waals surface area (Å²) in [5, 5.41) is 3.39. The molecule has 5 nitrogen and oxygen atoms in total. The number of likely N-dealkylation sites (tertiary alicyclic amines) is 1. The van der Waals surface area contributed by atoms with Crippen LogP contribution >= 0.6 is 0 Å². The zero-order valence-corrected chi connectivity index (χ0v) is 13.7. The second kappa shape index (κ2) is 6.93. The van der Waals surface area contributed by atoms with Crippen molar-refractivity contribution in [3.05, 3.63) is 23.8 Å². The Hall–Kier alpha value is -1.89. The third-order valence-electron chi connectivity index (χ3n) is 4.92. The molecule has 1 amide bonds. The smallest absolute Gasteiger partial charge is 0.387 e. The molecule has 1 aromatic carbocycles. The lowest BCUT2D eigenvalue weighted by Gasteiger charge is -2.33. The van der Waals surface area contributed by atoms with Crippen LogP contribution in [0.15, 0.2) is 18.2 Å². The first-order chi connectivity index (χ1) is 11.5. The van der Waals surface area contributed by atoms with Crippen LogP contribution in [-0.2, 0) is 0 Å². The van der Waals surface area contributed by atoms with Gasteiger partial charge in [0, 0.05) is 31.1 Å². The van der Waals surface area contributed by atoms with E-state index in [4.69, 9.17) is 4.74 Å². The number of rotatable bonds is 4. The fourth-order valence-electron chi connectivity index (χ4n) is 3.66. The molecule has 1 N–H and O–H groups in total. The van der Waals surface area contributed by atoms with E-state index in [1.54, 1.807) is 11.0 Å². The number of piperidine rings is 1. The largest absolute Gasteiger partial charge is 0.497 e. The second-order valence-corrected chi connectivity index (χ2v) is 6.50. The van der Waals surface area contributed by atoms with E-state index in [1.165, 1.54) is 19.2 Å². The Kier molecular flexibility index (Phi) is 4.89. The predicted molar refractivity (Wildman–Crippen MR) is 84.7 cm³/mol. The first-order valence-electron chi connectivity index (χ1n) is 8.16. The summed E-state index contributed by atoms with van der Waals surface area (Å²) in [5.41, 5.74) is 0.265.